The Labute approximate surface area is 247 Å². The van der Waals surface area contributed by atoms with E-state index in [1.54, 1.807) is 46.3 Å². The van der Waals surface area contributed by atoms with Crippen molar-refractivity contribution >= 4 is 39.2 Å². The number of thiazole rings is 1. The normalized spacial score (nSPS) is 15.5. The number of hydrogen-bond donors (Lipinski definition) is 2. The van der Waals surface area contributed by atoms with E-state index < -0.39 is 23.3 Å². The maximum atomic E-state index is 13.1. The number of amides is 1. The van der Waals surface area contributed by atoms with Crippen LogP contribution in [0.25, 0.3) is 27.3 Å². The number of rotatable bonds is 8. The molecule has 1 saturated carbocycles. The molecule has 5 aromatic rings. The minimum Gasteiger partial charge on any atom is -0.480 e. The molecule has 1 aliphatic carbocycles. The van der Waals surface area contributed by atoms with Crippen LogP contribution in [0.3, 0.4) is 0 Å². The predicted molar refractivity (Wildman–Crippen MR) is 160 cm³/mol. The van der Waals surface area contributed by atoms with Crippen molar-refractivity contribution in [3.8, 4) is 11.3 Å². The van der Waals surface area contributed by atoms with E-state index in [1.807, 2.05) is 25.4 Å². The molecule has 10 nitrogen and oxygen atoms in total. The second-order valence-corrected chi connectivity index (χ2v) is 13.9. The number of carboxylic acids is 1. The van der Waals surface area contributed by atoms with Crippen molar-refractivity contribution < 1.29 is 14.7 Å². The van der Waals surface area contributed by atoms with Crippen molar-refractivity contribution in [3.05, 3.63) is 71.1 Å². The van der Waals surface area contributed by atoms with Crippen LogP contribution >= 0.6 is 11.3 Å². The Morgan fingerprint density at radius 2 is 1.79 bits per heavy atom. The molecule has 3 heterocycles. The van der Waals surface area contributed by atoms with Gasteiger partial charge in [-0.2, -0.15) is 9.61 Å². The molecular formula is C31H33N7O3S. The van der Waals surface area contributed by atoms with Gasteiger partial charge in [0.15, 0.2) is 5.82 Å². The van der Waals surface area contributed by atoms with Crippen LogP contribution in [0.2, 0.25) is 0 Å². The van der Waals surface area contributed by atoms with Crippen molar-refractivity contribution in [2.75, 3.05) is 0 Å². The number of carbonyl (C=O) groups is 2. The second kappa shape index (κ2) is 9.94. The van der Waals surface area contributed by atoms with Crippen LogP contribution in [-0.4, -0.2) is 52.8 Å². The summed E-state index contributed by atoms with van der Waals surface area (Å²) in [5.74, 6) is -0.313. The van der Waals surface area contributed by atoms with Crippen LogP contribution in [0.15, 0.2) is 54.2 Å². The highest BCUT2D eigenvalue weighted by atomic mass is 32.1. The molecule has 0 radical (unpaired) electrons. The number of nitrogens with zero attached hydrogens (tertiary/aromatic N) is 6. The number of aromatic nitrogens is 6. The first-order valence-corrected chi connectivity index (χ1v) is 14.8. The Hall–Kier alpha value is -4.25. The van der Waals surface area contributed by atoms with E-state index >= 15 is 0 Å². The van der Waals surface area contributed by atoms with Gasteiger partial charge in [-0.05, 0) is 59.9 Å². The average Bonchev–Trinajstić information content (AvgIpc) is 3.39. The van der Waals surface area contributed by atoms with Crippen molar-refractivity contribution in [2.45, 2.75) is 65.3 Å². The summed E-state index contributed by atoms with van der Waals surface area (Å²) in [6.07, 6.45) is 4.15. The summed E-state index contributed by atoms with van der Waals surface area (Å²) in [5, 5.41) is 26.3. The average molecular weight is 584 g/mol. The van der Waals surface area contributed by atoms with Crippen LogP contribution in [0.5, 0.6) is 0 Å². The topological polar surface area (TPSA) is 135 Å². The third kappa shape index (κ3) is 5.13. The lowest BCUT2D eigenvalue weighted by atomic mass is 9.72. The first-order chi connectivity index (χ1) is 19.9. The largest absolute Gasteiger partial charge is 0.480 e. The summed E-state index contributed by atoms with van der Waals surface area (Å²) >= 11 is 1.62. The van der Waals surface area contributed by atoms with Gasteiger partial charge in [0.25, 0.3) is 11.7 Å². The molecule has 2 N–H and O–H groups in total. The molecule has 1 amide bonds. The summed E-state index contributed by atoms with van der Waals surface area (Å²) < 4.78 is 2.85. The lowest BCUT2D eigenvalue weighted by molar-refractivity contribution is -0.142. The van der Waals surface area contributed by atoms with Crippen LogP contribution in [-0.2, 0) is 10.2 Å². The third-order valence-electron chi connectivity index (χ3n) is 7.93. The third-order valence-corrected chi connectivity index (χ3v) is 8.72. The van der Waals surface area contributed by atoms with Crippen LogP contribution < -0.4 is 5.32 Å². The van der Waals surface area contributed by atoms with Crippen LogP contribution in [0, 0.1) is 10.8 Å². The van der Waals surface area contributed by atoms with E-state index in [-0.39, 0.29) is 10.8 Å². The summed E-state index contributed by atoms with van der Waals surface area (Å²) in [5.41, 5.74) is 4.74. The highest BCUT2D eigenvalue weighted by Gasteiger charge is 2.50. The molecule has 3 aromatic heterocycles. The molecule has 0 spiro atoms. The molecule has 1 atom stereocenters. The number of carbonyl (C=O) groups excluding carboxylic acids is 1. The van der Waals surface area contributed by atoms with Gasteiger partial charge >= 0.3 is 5.97 Å². The monoisotopic (exact) mass is 583 g/mol. The second-order valence-electron chi connectivity index (χ2n) is 13.0. The minimum absolute atomic E-state index is 0.0926. The standard InChI is InChI=1S/C31H33N7O3S/c1-29(2,3)16-30(4,5)24(26(40)41)34-25(39)19-8-6-18(7-9-19)22-15-32-28-36-35-27(38(28)37-22)31(12-13-31)20-10-11-21-23(14-20)42-17-33-21/h6-11,14-15,17,24H,12-13,16H2,1-5H3,(H,34,39)(H,40,41)/t24-/m1/s1. The predicted octanol–water partition coefficient (Wildman–Crippen LogP) is 5.52. The van der Waals surface area contributed by atoms with E-state index in [4.69, 9.17) is 5.10 Å². The van der Waals surface area contributed by atoms with Crippen LogP contribution in [0.1, 0.15) is 75.6 Å². The molecule has 1 aliphatic rings. The fourth-order valence-electron chi connectivity index (χ4n) is 6.11. The molecule has 6 rings (SSSR count). The summed E-state index contributed by atoms with van der Waals surface area (Å²) in [6.45, 7) is 9.92. The number of benzene rings is 2. The first-order valence-electron chi connectivity index (χ1n) is 13.9. The van der Waals surface area contributed by atoms with Gasteiger partial charge in [-0.25, -0.2) is 14.8 Å². The van der Waals surface area contributed by atoms with Crippen molar-refractivity contribution in [3.63, 3.8) is 0 Å². The van der Waals surface area contributed by atoms with Gasteiger partial charge in [-0.3, -0.25) is 4.79 Å². The van der Waals surface area contributed by atoms with Crippen LogP contribution in [0.4, 0.5) is 0 Å². The lowest BCUT2D eigenvalue weighted by Crippen LogP contribution is -2.51. The number of hydrogen-bond acceptors (Lipinski definition) is 8. The molecule has 42 heavy (non-hydrogen) atoms. The smallest absolute Gasteiger partial charge is 0.326 e. The van der Waals surface area contributed by atoms with Gasteiger partial charge in [0.05, 0.1) is 27.3 Å². The number of carboxylic acid groups (broad SMARTS) is 1. The summed E-state index contributed by atoms with van der Waals surface area (Å²) in [6, 6.07) is 12.2. The van der Waals surface area contributed by atoms with E-state index in [0.717, 1.165) is 34.4 Å². The van der Waals surface area contributed by atoms with E-state index in [2.05, 4.69) is 58.4 Å². The molecule has 2 aromatic carbocycles. The van der Waals surface area contributed by atoms with Crippen molar-refractivity contribution in [1.29, 1.82) is 0 Å². The maximum Gasteiger partial charge on any atom is 0.326 e. The van der Waals surface area contributed by atoms with Gasteiger partial charge in [0, 0.05) is 11.1 Å². The number of aliphatic carboxylic acids is 1. The highest BCUT2D eigenvalue weighted by molar-refractivity contribution is 7.16. The lowest BCUT2D eigenvalue weighted by Gasteiger charge is -2.37. The molecule has 0 aliphatic heterocycles. The molecule has 0 unspecified atom stereocenters. The van der Waals surface area contributed by atoms with Gasteiger partial charge in [-0.15, -0.1) is 21.5 Å². The highest BCUT2D eigenvalue weighted by Crippen LogP contribution is 2.53. The maximum absolute atomic E-state index is 13.1. The van der Waals surface area contributed by atoms with Gasteiger partial charge in [-0.1, -0.05) is 52.8 Å². The Bertz CT molecular complexity index is 1810. The molecule has 0 saturated heterocycles. The summed E-state index contributed by atoms with van der Waals surface area (Å²) in [4.78, 5) is 34.1. The van der Waals surface area contributed by atoms with E-state index in [1.165, 1.54) is 5.56 Å². The number of nitrogens with one attached hydrogen (secondary N) is 1. The molecule has 11 heteroatoms. The minimum atomic E-state index is -1.05. The zero-order valence-electron chi connectivity index (χ0n) is 24.3. The van der Waals surface area contributed by atoms with Crippen molar-refractivity contribution in [2.24, 2.45) is 10.8 Å². The quantitative estimate of drug-likeness (QED) is 0.244. The molecule has 216 valence electrons. The van der Waals surface area contributed by atoms with E-state index in [0.29, 0.717) is 23.5 Å². The molecular weight excluding hydrogens is 550 g/mol. The first kappa shape index (κ1) is 27.9. The Morgan fingerprint density at radius 3 is 2.45 bits per heavy atom. The van der Waals surface area contributed by atoms with E-state index in [9.17, 15) is 14.7 Å². The zero-order chi connectivity index (χ0) is 29.9. The van der Waals surface area contributed by atoms with Gasteiger partial charge in [0.2, 0.25) is 0 Å². The van der Waals surface area contributed by atoms with Gasteiger partial charge in [0.1, 0.15) is 11.7 Å². The Balaban J connectivity index is 1.25. The fraction of sp³-hybridized carbons (Fsp3) is 0.387. The van der Waals surface area contributed by atoms with Gasteiger partial charge < -0.3 is 10.4 Å². The SMILES string of the molecule is CC(C)(C)CC(C)(C)[C@H](NC(=O)c1ccc(-c2cnc3nnc(C4(c5ccc6ncsc6c5)CC4)n3n2)cc1)C(=O)O. The Kier molecular flexibility index (Phi) is 6.60. The number of fused-ring (bicyclic) bond motifs is 2. The van der Waals surface area contributed by atoms with Crippen molar-refractivity contribution in [1.82, 2.24) is 35.1 Å². The Morgan fingerprint density at radius 1 is 1.05 bits per heavy atom. The zero-order valence-corrected chi connectivity index (χ0v) is 25.1. The molecule has 0 bridgehead atoms. The fourth-order valence-corrected chi connectivity index (χ4v) is 6.83. The summed E-state index contributed by atoms with van der Waals surface area (Å²) in [7, 11) is 0. The molecule has 1 fully saturated rings.